The summed E-state index contributed by atoms with van der Waals surface area (Å²) in [7, 11) is -9.30. The van der Waals surface area contributed by atoms with E-state index in [9.17, 15) is 25.9 Å². The maximum atomic E-state index is 10.1. The summed E-state index contributed by atoms with van der Waals surface area (Å²) >= 11 is 0. The van der Waals surface area contributed by atoms with Crippen LogP contribution in [0, 0.1) is 0 Å². The first-order chi connectivity index (χ1) is 4.63. The van der Waals surface area contributed by atoms with Gasteiger partial charge in [-0.3, -0.25) is 0 Å². The average molecular weight is 248 g/mol. The van der Waals surface area contributed by atoms with Crippen LogP contribution in [-0.4, -0.2) is 36.9 Å². The fourth-order valence-corrected chi connectivity index (χ4v) is 2.11. The second kappa shape index (κ2) is 7.15. The normalized spacial score (nSPS) is 13.8. The molecule has 0 spiro atoms. The number of rotatable bonds is 3. The quantitative estimate of drug-likeness (QED) is 0.362. The van der Waals surface area contributed by atoms with E-state index >= 15 is 0 Å². The molecule has 0 bridgehead atoms. The molecule has 0 aromatic heterocycles. The van der Waals surface area contributed by atoms with Crippen molar-refractivity contribution in [1.29, 1.82) is 0 Å². The molecule has 13 heavy (non-hydrogen) atoms. The predicted octanol–water partition coefficient (Wildman–Crippen LogP) is -7.53. The Morgan fingerprint density at radius 1 is 1.08 bits per heavy atom. The second-order valence-electron chi connectivity index (χ2n) is 2.03. The molecule has 0 aromatic carbocycles. The SMILES string of the molecule is CC(CS(=O)(=O)[O-])S(=O)(=O)[O-].[Na+].[Na+]. The molecular weight excluding hydrogens is 242 g/mol. The maximum absolute atomic E-state index is 10.1. The van der Waals surface area contributed by atoms with Crippen LogP contribution < -0.4 is 59.1 Å². The molecule has 0 saturated heterocycles. The van der Waals surface area contributed by atoms with E-state index < -0.39 is 31.2 Å². The van der Waals surface area contributed by atoms with E-state index in [2.05, 4.69) is 0 Å². The molecule has 0 saturated carbocycles. The minimum atomic E-state index is -4.67. The van der Waals surface area contributed by atoms with Crippen LogP contribution in [0.25, 0.3) is 0 Å². The van der Waals surface area contributed by atoms with Gasteiger partial charge in [-0.1, -0.05) is 0 Å². The molecule has 0 aliphatic heterocycles. The van der Waals surface area contributed by atoms with Crippen molar-refractivity contribution in [1.82, 2.24) is 0 Å². The molecule has 0 aliphatic rings. The zero-order chi connectivity index (χ0) is 9.28. The molecule has 0 aromatic rings. The molecule has 10 heteroatoms. The van der Waals surface area contributed by atoms with Crippen LogP contribution in [0.2, 0.25) is 0 Å². The van der Waals surface area contributed by atoms with E-state index in [-0.39, 0.29) is 59.1 Å². The van der Waals surface area contributed by atoms with Crippen LogP contribution in [0.1, 0.15) is 6.92 Å². The summed E-state index contributed by atoms with van der Waals surface area (Å²) in [5, 5.41) is -1.68. The van der Waals surface area contributed by atoms with Gasteiger partial charge in [-0.2, -0.15) is 0 Å². The van der Waals surface area contributed by atoms with Gasteiger partial charge in [0, 0.05) is 0 Å². The molecule has 6 nitrogen and oxygen atoms in total. The van der Waals surface area contributed by atoms with Crippen molar-refractivity contribution >= 4 is 20.2 Å². The Bertz CT molecular complexity index is 318. The third-order valence-corrected chi connectivity index (χ3v) is 3.20. The van der Waals surface area contributed by atoms with Gasteiger partial charge in [0.15, 0.2) is 0 Å². The zero-order valence-corrected chi connectivity index (χ0v) is 13.2. The third kappa shape index (κ3) is 11.7. The third-order valence-electron chi connectivity index (χ3n) is 0.932. The fourth-order valence-electron chi connectivity index (χ4n) is 0.371. The molecule has 0 radical (unpaired) electrons. The van der Waals surface area contributed by atoms with Crippen molar-refractivity contribution in [2.45, 2.75) is 12.2 Å². The molecule has 68 valence electrons. The summed E-state index contributed by atoms with van der Waals surface area (Å²) in [5.74, 6) is -1.17. The van der Waals surface area contributed by atoms with Crippen molar-refractivity contribution in [2.24, 2.45) is 0 Å². The van der Waals surface area contributed by atoms with E-state index in [0.29, 0.717) is 0 Å². The molecule has 0 fully saturated rings. The standard InChI is InChI=1S/C3H8O6S2.2Na/c1-3(11(7,8)9)2-10(4,5)6;;/h3H,2H2,1H3,(H,4,5,6)(H,7,8,9);;/q;2*+1/p-2. The van der Waals surface area contributed by atoms with Gasteiger partial charge in [0.2, 0.25) is 0 Å². The summed E-state index contributed by atoms with van der Waals surface area (Å²) in [4.78, 5) is 0. The first-order valence-electron chi connectivity index (χ1n) is 2.51. The van der Waals surface area contributed by atoms with Gasteiger partial charge in [0.25, 0.3) is 0 Å². The maximum Gasteiger partial charge on any atom is 1.00 e. The van der Waals surface area contributed by atoms with Crippen molar-refractivity contribution < 1.29 is 85.1 Å². The van der Waals surface area contributed by atoms with Crippen molar-refractivity contribution in [3.63, 3.8) is 0 Å². The van der Waals surface area contributed by atoms with Gasteiger partial charge in [-0.05, 0) is 6.92 Å². The summed E-state index contributed by atoms with van der Waals surface area (Å²) < 4.78 is 59.9. The van der Waals surface area contributed by atoms with E-state index in [4.69, 9.17) is 0 Å². The Hall–Kier alpha value is 1.82. The van der Waals surface area contributed by atoms with Gasteiger partial charge in [0.05, 0.1) is 31.2 Å². The average Bonchev–Trinajstić information content (AvgIpc) is 1.56. The molecule has 0 heterocycles. The Labute approximate surface area is 122 Å². The molecule has 0 aliphatic carbocycles. The molecule has 1 atom stereocenters. The van der Waals surface area contributed by atoms with Crippen LogP contribution in [0.5, 0.6) is 0 Å². The van der Waals surface area contributed by atoms with Crippen LogP contribution in [0.4, 0.5) is 0 Å². The van der Waals surface area contributed by atoms with E-state index in [1.54, 1.807) is 0 Å². The predicted molar refractivity (Wildman–Crippen MR) is 33.7 cm³/mol. The second-order valence-corrected chi connectivity index (χ2v) is 5.27. The zero-order valence-electron chi connectivity index (χ0n) is 7.55. The van der Waals surface area contributed by atoms with Crippen molar-refractivity contribution in [3.8, 4) is 0 Å². The van der Waals surface area contributed by atoms with Crippen LogP contribution in [-0.2, 0) is 20.2 Å². The van der Waals surface area contributed by atoms with Gasteiger partial charge < -0.3 is 9.11 Å². The van der Waals surface area contributed by atoms with Gasteiger partial charge in [0.1, 0.15) is 0 Å². The van der Waals surface area contributed by atoms with E-state index in [1.807, 2.05) is 0 Å². The topological polar surface area (TPSA) is 114 Å². The Morgan fingerprint density at radius 3 is 1.46 bits per heavy atom. The molecule has 0 N–H and O–H groups in total. The van der Waals surface area contributed by atoms with Crippen LogP contribution in [0.3, 0.4) is 0 Å². The smallest absolute Gasteiger partial charge is 0.748 e. The van der Waals surface area contributed by atoms with Gasteiger partial charge >= 0.3 is 59.1 Å². The van der Waals surface area contributed by atoms with Crippen molar-refractivity contribution in [3.05, 3.63) is 0 Å². The Morgan fingerprint density at radius 2 is 1.38 bits per heavy atom. The van der Waals surface area contributed by atoms with Gasteiger partial charge in [-0.25, -0.2) is 16.8 Å². The summed E-state index contributed by atoms with van der Waals surface area (Å²) in [5.41, 5.74) is 0. The Kier molecular flexibility index (Phi) is 11.1. The summed E-state index contributed by atoms with van der Waals surface area (Å²) in [6, 6.07) is 0. The first-order valence-corrected chi connectivity index (χ1v) is 5.56. The van der Waals surface area contributed by atoms with E-state index in [1.165, 1.54) is 0 Å². The number of hydrogen-bond acceptors (Lipinski definition) is 6. The van der Waals surface area contributed by atoms with Crippen LogP contribution in [0.15, 0.2) is 0 Å². The first kappa shape index (κ1) is 20.3. The van der Waals surface area contributed by atoms with E-state index in [0.717, 1.165) is 6.92 Å². The number of hydrogen-bond donors (Lipinski definition) is 0. The van der Waals surface area contributed by atoms with Crippen molar-refractivity contribution in [2.75, 3.05) is 5.75 Å². The largest absolute Gasteiger partial charge is 1.00 e. The monoisotopic (exact) mass is 248 g/mol. The molecule has 0 rings (SSSR count). The molecule has 1 unspecified atom stereocenters. The fraction of sp³-hybridized carbons (Fsp3) is 1.00. The van der Waals surface area contributed by atoms with Gasteiger partial charge in [-0.15, -0.1) is 0 Å². The minimum Gasteiger partial charge on any atom is -0.748 e. The summed E-state index contributed by atoms with van der Waals surface area (Å²) in [6.07, 6.45) is 0. The molecular formula is C3H6Na2O6S2. The molecule has 0 amide bonds. The summed E-state index contributed by atoms with van der Waals surface area (Å²) in [6.45, 7) is 0.873. The minimum absolute atomic E-state index is 0. The van der Waals surface area contributed by atoms with Crippen LogP contribution >= 0.6 is 0 Å². The Balaban J connectivity index is -0.000000500.